The predicted octanol–water partition coefficient (Wildman–Crippen LogP) is 3.55. The van der Waals surface area contributed by atoms with Crippen molar-refractivity contribution in [3.05, 3.63) is 34.6 Å². The summed E-state index contributed by atoms with van der Waals surface area (Å²) in [4.78, 5) is 25.1. The van der Waals surface area contributed by atoms with Crippen molar-refractivity contribution in [2.45, 2.75) is 50.7 Å². The van der Waals surface area contributed by atoms with Crippen LogP contribution in [0, 0.1) is 5.92 Å². The zero-order chi connectivity index (χ0) is 19.8. The summed E-state index contributed by atoms with van der Waals surface area (Å²) in [5, 5.41) is 13.6. The summed E-state index contributed by atoms with van der Waals surface area (Å²) in [6, 6.07) is 8.30. The summed E-state index contributed by atoms with van der Waals surface area (Å²) in [7, 11) is 0. The molecule has 5 rings (SSSR count). The predicted molar refractivity (Wildman–Crippen MR) is 114 cm³/mol. The first-order chi connectivity index (χ1) is 14.2. The van der Waals surface area contributed by atoms with Crippen LogP contribution in [-0.2, 0) is 0 Å². The van der Waals surface area contributed by atoms with E-state index in [0.717, 1.165) is 48.7 Å². The van der Waals surface area contributed by atoms with E-state index in [1.54, 1.807) is 0 Å². The number of ether oxygens (including phenoxy) is 1. The normalized spacial score (nSPS) is 22.0. The molecule has 2 saturated carbocycles. The molecule has 0 spiro atoms. The molecule has 0 radical (unpaired) electrons. The van der Waals surface area contributed by atoms with Crippen molar-refractivity contribution in [2.24, 2.45) is 5.92 Å². The standard InChI is InChI=1S/C21H24N4O3S/c26-11-12-8-9-13(10-12)22-18-17(20-23-15-6-1-2-7-16(15)29-20)19(27)25-21(24-18)28-14-4-3-5-14/h1-2,6-7,12-14,26H,3-5,8-11H2,(H2,22,24,25,27)/t12-,13?/m1/s1. The van der Waals surface area contributed by atoms with Crippen molar-refractivity contribution in [2.75, 3.05) is 11.9 Å². The van der Waals surface area contributed by atoms with Gasteiger partial charge < -0.3 is 15.2 Å². The number of hydrogen-bond donors (Lipinski definition) is 3. The quantitative estimate of drug-likeness (QED) is 0.572. The summed E-state index contributed by atoms with van der Waals surface area (Å²) in [5.74, 6) is 0.816. The zero-order valence-corrected chi connectivity index (χ0v) is 16.9. The van der Waals surface area contributed by atoms with Crippen molar-refractivity contribution in [1.29, 1.82) is 0 Å². The van der Waals surface area contributed by atoms with Crippen LogP contribution in [0.5, 0.6) is 6.01 Å². The number of anilines is 1. The number of hydrogen-bond acceptors (Lipinski definition) is 7. The molecule has 2 heterocycles. The number of aromatic amines is 1. The highest BCUT2D eigenvalue weighted by atomic mass is 32.1. The SMILES string of the molecule is O=c1[nH]c(OC2CCC2)nc(NC2CC[C@@H](CO)C2)c1-c1nc2ccccc2s1. The molecule has 0 aliphatic heterocycles. The Labute approximate surface area is 172 Å². The Kier molecular flexibility index (Phi) is 4.97. The van der Waals surface area contributed by atoms with E-state index in [1.807, 2.05) is 24.3 Å². The van der Waals surface area contributed by atoms with E-state index in [-0.39, 0.29) is 30.3 Å². The molecule has 2 aliphatic rings. The summed E-state index contributed by atoms with van der Waals surface area (Å²) >= 11 is 1.49. The van der Waals surface area contributed by atoms with Crippen LogP contribution in [0.15, 0.2) is 29.1 Å². The number of aliphatic hydroxyl groups excluding tert-OH is 1. The number of nitrogens with one attached hydrogen (secondary N) is 2. The Balaban J connectivity index is 1.53. The van der Waals surface area contributed by atoms with Crippen molar-refractivity contribution in [1.82, 2.24) is 15.0 Å². The minimum atomic E-state index is -0.243. The number of benzene rings is 1. The van der Waals surface area contributed by atoms with Crippen molar-refractivity contribution < 1.29 is 9.84 Å². The van der Waals surface area contributed by atoms with Crippen LogP contribution >= 0.6 is 11.3 Å². The minimum Gasteiger partial charge on any atom is -0.461 e. The summed E-state index contributed by atoms with van der Waals surface area (Å²) in [5.41, 5.74) is 1.08. The lowest BCUT2D eigenvalue weighted by atomic mass is 9.96. The zero-order valence-electron chi connectivity index (χ0n) is 16.1. The van der Waals surface area contributed by atoms with Gasteiger partial charge in [-0.25, -0.2) is 4.98 Å². The van der Waals surface area contributed by atoms with E-state index < -0.39 is 0 Å². The lowest BCUT2D eigenvalue weighted by Gasteiger charge is -2.25. The Morgan fingerprint density at radius 1 is 1.21 bits per heavy atom. The molecule has 2 aromatic heterocycles. The first-order valence-electron chi connectivity index (χ1n) is 10.2. The van der Waals surface area contributed by atoms with Gasteiger partial charge in [-0.1, -0.05) is 12.1 Å². The molecule has 3 N–H and O–H groups in total. The van der Waals surface area contributed by atoms with E-state index in [2.05, 4.69) is 20.3 Å². The Morgan fingerprint density at radius 2 is 2.07 bits per heavy atom. The average molecular weight is 413 g/mol. The highest BCUT2D eigenvalue weighted by Crippen LogP contribution is 2.35. The lowest BCUT2D eigenvalue weighted by molar-refractivity contribution is 0.108. The number of rotatable bonds is 6. The fourth-order valence-electron chi connectivity index (χ4n) is 4.00. The molecule has 2 atom stereocenters. The second kappa shape index (κ2) is 7.76. The maximum absolute atomic E-state index is 13.0. The second-order valence-corrected chi connectivity index (χ2v) is 8.99. The number of fused-ring (bicyclic) bond motifs is 1. The number of H-pyrrole nitrogens is 1. The van der Waals surface area contributed by atoms with E-state index >= 15 is 0 Å². The number of aromatic nitrogens is 3. The van der Waals surface area contributed by atoms with Gasteiger partial charge in [-0.2, -0.15) is 4.98 Å². The van der Waals surface area contributed by atoms with E-state index in [9.17, 15) is 9.90 Å². The van der Waals surface area contributed by atoms with Crippen LogP contribution < -0.4 is 15.6 Å². The highest BCUT2D eigenvalue weighted by Gasteiger charge is 2.28. The van der Waals surface area contributed by atoms with Crippen LogP contribution in [0.2, 0.25) is 0 Å². The fourth-order valence-corrected chi connectivity index (χ4v) is 5.01. The number of nitrogens with zero attached hydrogens (tertiary/aromatic N) is 2. The first-order valence-corrected chi connectivity index (χ1v) is 11.1. The number of thiazole rings is 1. The van der Waals surface area contributed by atoms with E-state index in [0.29, 0.717) is 22.3 Å². The lowest BCUT2D eigenvalue weighted by Crippen LogP contribution is -2.28. The first kappa shape index (κ1) is 18.6. The average Bonchev–Trinajstić information content (AvgIpc) is 3.30. The molecular weight excluding hydrogens is 388 g/mol. The van der Waals surface area contributed by atoms with Crippen molar-refractivity contribution in [3.63, 3.8) is 0 Å². The molecule has 0 bridgehead atoms. The van der Waals surface area contributed by atoms with Crippen LogP contribution in [0.25, 0.3) is 20.8 Å². The van der Waals surface area contributed by atoms with Gasteiger partial charge in [0.1, 0.15) is 22.5 Å². The van der Waals surface area contributed by atoms with Crippen molar-refractivity contribution >= 4 is 27.4 Å². The topological polar surface area (TPSA) is 100 Å². The van der Waals surface area contributed by atoms with E-state index in [4.69, 9.17) is 4.74 Å². The monoisotopic (exact) mass is 412 g/mol. The molecule has 2 aliphatic carbocycles. The van der Waals surface area contributed by atoms with E-state index in [1.165, 1.54) is 11.3 Å². The van der Waals surface area contributed by atoms with Gasteiger partial charge in [-0.3, -0.25) is 9.78 Å². The van der Waals surface area contributed by atoms with Crippen molar-refractivity contribution in [3.8, 4) is 16.6 Å². The van der Waals surface area contributed by atoms with Crippen LogP contribution in [-0.4, -0.2) is 38.8 Å². The van der Waals surface area contributed by atoms with Gasteiger partial charge in [0, 0.05) is 12.6 Å². The molecule has 0 saturated heterocycles. The molecule has 1 aromatic carbocycles. The van der Waals surface area contributed by atoms with Gasteiger partial charge in [-0.15, -0.1) is 11.3 Å². The molecule has 152 valence electrons. The highest BCUT2D eigenvalue weighted by molar-refractivity contribution is 7.21. The Hall–Kier alpha value is -2.45. The Morgan fingerprint density at radius 3 is 2.79 bits per heavy atom. The van der Waals surface area contributed by atoms with Crippen LogP contribution in [0.4, 0.5) is 5.82 Å². The molecule has 8 heteroatoms. The largest absolute Gasteiger partial charge is 0.461 e. The van der Waals surface area contributed by atoms with Gasteiger partial charge in [0.15, 0.2) is 0 Å². The molecule has 1 unspecified atom stereocenters. The third-order valence-electron chi connectivity index (χ3n) is 5.88. The van der Waals surface area contributed by atoms with Crippen LogP contribution in [0.1, 0.15) is 38.5 Å². The second-order valence-electron chi connectivity index (χ2n) is 7.96. The molecule has 29 heavy (non-hydrogen) atoms. The Bertz CT molecular complexity index is 1040. The molecule has 2 fully saturated rings. The fraction of sp³-hybridized carbons (Fsp3) is 0.476. The third kappa shape index (κ3) is 3.74. The van der Waals surface area contributed by atoms with Gasteiger partial charge in [-0.05, 0) is 56.6 Å². The molecule has 7 nitrogen and oxygen atoms in total. The van der Waals surface area contributed by atoms with Gasteiger partial charge in [0.05, 0.1) is 10.2 Å². The number of para-hydroxylation sites is 1. The molecule has 3 aromatic rings. The van der Waals surface area contributed by atoms with Gasteiger partial charge in [0.25, 0.3) is 11.6 Å². The third-order valence-corrected chi connectivity index (χ3v) is 6.93. The molecule has 0 amide bonds. The summed E-state index contributed by atoms with van der Waals surface area (Å²) < 4.78 is 6.90. The maximum atomic E-state index is 13.0. The van der Waals surface area contributed by atoms with Gasteiger partial charge in [0.2, 0.25) is 0 Å². The maximum Gasteiger partial charge on any atom is 0.298 e. The summed E-state index contributed by atoms with van der Waals surface area (Å²) in [6.45, 7) is 0.196. The number of aliphatic hydroxyl groups is 1. The van der Waals surface area contributed by atoms with Gasteiger partial charge >= 0.3 is 0 Å². The minimum absolute atomic E-state index is 0.129. The molecular formula is C21H24N4O3S. The smallest absolute Gasteiger partial charge is 0.298 e. The summed E-state index contributed by atoms with van der Waals surface area (Å²) in [6.07, 6.45) is 6.04. The van der Waals surface area contributed by atoms with Crippen LogP contribution in [0.3, 0.4) is 0 Å².